The van der Waals surface area contributed by atoms with Crippen LogP contribution in [0.15, 0.2) is 12.1 Å². The number of phenolic OH excluding ortho intramolecular Hbond substituents is 1. The van der Waals surface area contributed by atoms with Crippen molar-refractivity contribution in [3.05, 3.63) is 28.8 Å². The van der Waals surface area contributed by atoms with Crippen molar-refractivity contribution in [3.8, 4) is 5.75 Å². The molecule has 8 nitrogen and oxygen atoms in total. The Morgan fingerprint density at radius 1 is 1.08 bits per heavy atom. The number of nitrogens with two attached hydrogens (primary N) is 1. The summed E-state index contributed by atoms with van der Waals surface area (Å²) in [5.74, 6) is 4.71. The number of carbonyl (C=O) groups is 1. The number of nitrogens with one attached hydrogen (secondary N) is 1. The third kappa shape index (κ3) is 7.26. The Morgan fingerprint density at radius 2 is 1.50 bits per heavy atom. The number of hydrogen-bond acceptors (Lipinski definition) is 7. The van der Waals surface area contributed by atoms with Gasteiger partial charge in [-0.1, -0.05) is 47.6 Å². The number of benzene rings is 1. The first-order chi connectivity index (χ1) is 10.5. The van der Waals surface area contributed by atoms with Gasteiger partial charge >= 0.3 is 0 Å². The maximum absolute atomic E-state index is 11.8. The van der Waals surface area contributed by atoms with E-state index < -0.39 is 16.3 Å². The average molecular weight is 360 g/mol. The van der Waals surface area contributed by atoms with Crippen LogP contribution in [0.25, 0.3) is 0 Å². The predicted octanol–water partition coefficient (Wildman–Crippen LogP) is 1.25. The quantitative estimate of drug-likeness (QED) is 0.224. The fourth-order valence-corrected chi connectivity index (χ4v) is 1.89. The molecule has 0 fully saturated rings. The van der Waals surface area contributed by atoms with Crippen molar-refractivity contribution >= 4 is 16.3 Å². The van der Waals surface area contributed by atoms with Crippen LogP contribution >= 0.6 is 0 Å². The summed E-state index contributed by atoms with van der Waals surface area (Å²) in [4.78, 5) is 11.8. The minimum atomic E-state index is -5.17. The number of carbonyl (C=O) groups excluding carboxylic acids is 1. The van der Waals surface area contributed by atoms with Gasteiger partial charge in [0, 0.05) is 16.0 Å². The molecule has 0 radical (unpaired) electrons. The molecule has 4 N–H and O–H groups in total. The number of hydrogen-bond donors (Lipinski definition) is 3. The van der Waals surface area contributed by atoms with Gasteiger partial charge in [0.1, 0.15) is 5.75 Å². The van der Waals surface area contributed by atoms with E-state index in [4.69, 9.17) is 23.4 Å². The lowest BCUT2D eigenvalue weighted by atomic mass is 9.79. The molecule has 9 heteroatoms. The molecule has 0 saturated heterocycles. The molecule has 0 bridgehead atoms. The predicted molar refractivity (Wildman–Crippen MR) is 87.6 cm³/mol. The Morgan fingerprint density at radius 3 is 1.79 bits per heavy atom. The Labute approximate surface area is 142 Å². The van der Waals surface area contributed by atoms with Crippen LogP contribution in [-0.4, -0.2) is 28.5 Å². The van der Waals surface area contributed by atoms with Crippen LogP contribution in [-0.2, 0) is 21.2 Å². The molecule has 0 heterocycles. The van der Waals surface area contributed by atoms with Crippen molar-refractivity contribution < 1.29 is 27.4 Å². The summed E-state index contributed by atoms with van der Waals surface area (Å²) in [6, 6.07) is 3.66. The summed E-state index contributed by atoms with van der Waals surface area (Å²) in [6.07, 6.45) is 0. The maximum atomic E-state index is 11.8. The molecule has 0 aromatic heterocycles. The van der Waals surface area contributed by atoms with Gasteiger partial charge in [0.2, 0.25) is 0 Å². The standard InChI is InChI=1S/C15H24N2O2.H2O4S/c1-14(2,3)9-7-10(13(19)17-16)12(18)11(8-9)15(4,5)6;1-5(2,3)4/h7-8,18H,16H2,1-6H3,(H,17,19);(H2,1,2,3,4)/p-2. The molecule has 1 aromatic carbocycles. The van der Waals surface area contributed by atoms with Crippen LogP contribution in [0, 0.1) is 0 Å². The smallest absolute Gasteiger partial charge is 0.268 e. The molecule has 0 spiro atoms. The van der Waals surface area contributed by atoms with E-state index in [1.807, 2.05) is 26.8 Å². The molecular formula is C15H24N2O6S-2. The Balaban J connectivity index is 0.000000922. The van der Waals surface area contributed by atoms with Crippen molar-refractivity contribution in [1.82, 2.24) is 5.43 Å². The summed E-state index contributed by atoms with van der Waals surface area (Å²) in [5, 5.41) is 10.3. The van der Waals surface area contributed by atoms with Gasteiger partial charge in [-0.3, -0.25) is 18.6 Å². The fourth-order valence-electron chi connectivity index (χ4n) is 1.89. The molecule has 0 aliphatic carbocycles. The van der Waals surface area contributed by atoms with Crippen molar-refractivity contribution in [3.63, 3.8) is 0 Å². The van der Waals surface area contributed by atoms with Crippen LogP contribution in [0.2, 0.25) is 0 Å². The van der Waals surface area contributed by atoms with Gasteiger partial charge in [-0.25, -0.2) is 5.84 Å². The molecule has 0 atom stereocenters. The minimum absolute atomic E-state index is 0.00319. The first-order valence-corrected chi connectivity index (χ1v) is 8.37. The highest BCUT2D eigenvalue weighted by atomic mass is 32.3. The average Bonchev–Trinajstić information content (AvgIpc) is 2.33. The second-order valence-electron chi connectivity index (χ2n) is 7.30. The van der Waals surface area contributed by atoms with E-state index in [0.29, 0.717) is 0 Å². The van der Waals surface area contributed by atoms with Crippen LogP contribution in [0.4, 0.5) is 0 Å². The van der Waals surface area contributed by atoms with Gasteiger partial charge < -0.3 is 14.2 Å². The lowest BCUT2D eigenvalue weighted by Crippen LogP contribution is -2.31. The van der Waals surface area contributed by atoms with Crippen LogP contribution in [0.3, 0.4) is 0 Å². The van der Waals surface area contributed by atoms with Crippen LogP contribution in [0.1, 0.15) is 63.0 Å². The van der Waals surface area contributed by atoms with Gasteiger partial charge in [-0.05, 0) is 22.5 Å². The number of hydrazine groups is 1. The Kier molecular flexibility index (Phi) is 6.95. The summed E-state index contributed by atoms with van der Waals surface area (Å²) >= 11 is 0. The normalized spacial score (nSPS) is 12.2. The van der Waals surface area contributed by atoms with E-state index in [0.717, 1.165) is 11.1 Å². The zero-order valence-electron chi connectivity index (χ0n) is 14.6. The van der Waals surface area contributed by atoms with Gasteiger partial charge in [0.25, 0.3) is 5.91 Å². The molecule has 0 aliphatic rings. The largest absolute Gasteiger partial charge is 0.759 e. The fraction of sp³-hybridized carbons (Fsp3) is 0.533. The Hall–Kier alpha value is -1.68. The molecule has 1 rings (SSSR count). The minimum Gasteiger partial charge on any atom is -0.759 e. The zero-order valence-corrected chi connectivity index (χ0v) is 15.4. The number of nitrogen functional groups attached to an aromatic ring is 1. The molecular weight excluding hydrogens is 336 g/mol. The van der Waals surface area contributed by atoms with Crippen molar-refractivity contribution in [2.45, 2.75) is 52.4 Å². The monoisotopic (exact) mass is 360 g/mol. The molecule has 0 aliphatic heterocycles. The van der Waals surface area contributed by atoms with Crippen molar-refractivity contribution in [2.24, 2.45) is 5.84 Å². The van der Waals surface area contributed by atoms with Gasteiger partial charge in [0.15, 0.2) is 0 Å². The number of amides is 1. The van der Waals surface area contributed by atoms with E-state index in [-0.39, 0.29) is 22.1 Å². The molecule has 24 heavy (non-hydrogen) atoms. The lowest BCUT2D eigenvalue weighted by Gasteiger charge is -2.27. The molecule has 0 unspecified atom stereocenters. The first-order valence-electron chi connectivity index (χ1n) is 7.04. The van der Waals surface area contributed by atoms with E-state index in [2.05, 4.69) is 26.2 Å². The first kappa shape index (κ1) is 22.3. The Bertz CT molecular complexity index is 692. The third-order valence-corrected chi connectivity index (χ3v) is 3.16. The highest BCUT2D eigenvalue weighted by Crippen LogP contribution is 2.37. The topological polar surface area (TPSA) is 156 Å². The zero-order chi connectivity index (χ0) is 19.5. The number of rotatable bonds is 1. The van der Waals surface area contributed by atoms with Crippen LogP contribution in [0.5, 0.6) is 5.75 Å². The summed E-state index contributed by atoms with van der Waals surface area (Å²) in [5.41, 5.74) is 3.68. The SMILES string of the molecule is CC(C)(C)c1cc(C(=O)NN)c(O)c(C(C)(C)C)c1.O=S(=O)([O-])[O-]. The summed E-state index contributed by atoms with van der Waals surface area (Å²) in [7, 11) is -5.17. The number of aromatic hydroxyl groups is 1. The molecule has 1 amide bonds. The maximum Gasteiger partial charge on any atom is 0.268 e. The molecule has 138 valence electrons. The molecule has 0 saturated carbocycles. The lowest BCUT2D eigenvalue weighted by molar-refractivity contribution is 0.0950. The van der Waals surface area contributed by atoms with E-state index >= 15 is 0 Å². The van der Waals surface area contributed by atoms with E-state index in [1.54, 1.807) is 6.07 Å². The van der Waals surface area contributed by atoms with Crippen molar-refractivity contribution in [2.75, 3.05) is 0 Å². The van der Waals surface area contributed by atoms with Crippen LogP contribution < -0.4 is 11.3 Å². The van der Waals surface area contributed by atoms with E-state index in [9.17, 15) is 9.90 Å². The molecule has 1 aromatic rings. The second-order valence-corrected chi connectivity index (χ2v) is 8.12. The van der Waals surface area contributed by atoms with Gasteiger partial charge in [-0.15, -0.1) is 0 Å². The summed E-state index contributed by atoms with van der Waals surface area (Å²) < 4.78 is 34.1. The van der Waals surface area contributed by atoms with Gasteiger partial charge in [0.05, 0.1) is 5.56 Å². The summed E-state index contributed by atoms with van der Waals surface area (Å²) in [6.45, 7) is 12.2. The van der Waals surface area contributed by atoms with Crippen molar-refractivity contribution in [1.29, 1.82) is 0 Å². The van der Waals surface area contributed by atoms with Gasteiger partial charge in [-0.2, -0.15) is 0 Å². The highest BCUT2D eigenvalue weighted by molar-refractivity contribution is 7.79. The second kappa shape index (κ2) is 7.47. The highest BCUT2D eigenvalue weighted by Gasteiger charge is 2.26. The number of phenols is 1. The van der Waals surface area contributed by atoms with E-state index in [1.165, 1.54) is 0 Å². The third-order valence-electron chi connectivity index (χ3n) is 3.16.